The molecule has 1 amide bonds. The van der Waals surface area contributed by atoms with Crippen molar-refractivity contribution >= 4 is 23.4 Å². The molecule has 0 aliphatic heterocycles. The number of hydrogen-bond donors (Lipinski definition) is 3. The molecule has 0 radical (unpaired) electrons. The Morgan fingerprint density at radius 1 is 1.40 bits per heavy atom. The number of amides is 1. The van der Waals surface area contributed by atoms with Gasteiger partial charge in [-0.1, -0.05) is 19.1 Å². The molecule has 1 heterocycles. The van der Waals surface area contributed by atoms with Gasteiger partial charge in [0.25, 0.3) is 5.91 Å². The van der Waals surface area contributed by atoms with Gasteiger partial charge in [0.15, 0.2) is 0 Å². The SMILES string of the molecule is CCCN(c1ncc(C(N)=O)c(Nc2cccc(C)c2)n1)C1(N)CC1. The Labute approximate surface area is 147 Å². The van der Waals surface area contributed by atoms with E-state index in [4.69, 9.17) is 11.5 Å². The van der Waals surface area contributed by atoms with Crippen LogP contribution >= 0.6 is 0 Å². The van der Waals surface area contributed by atoms with Crippen molar-refractivity contribution in [1.29, 1.82) is 0 Å². The Balaban J connectivity index is 1.98. The summed E-state index contributed by atoms with van der Waals surface area (Å²) in [5.74, 6) is 0.341. The van der Waals surface area contributed by atoms with Gasteiger partial charge in [0.2, 0.25) is 5.95 Å². The monoisotopic (exact) mass is 340 g/mol. The number of hydrogen-bond acceptors (Lipinski definition) is 6. The van der Waals surface area contributed by atoms with Gasteiger partial charge in [-0.2, -0.15) is 4.98 Å². The van der Waals surface area contributed by atoms with Crippen LogP contribution < -0.4 is 21.7 Å². The summed E-state index contributed by atoms with van der Waals surface area (Å²) in [7, 11) is 0. The molecule has 7 nitrogen and oxygen atoms in total. The van der Waals surface area contributed by atoms with Crippen LogP contribution in [0.1, 0.15) is 42.1 Å². The molecule has 3 rings (SSSR count). The fraction of sp³-hybridized carbons (Fsp3) is 0.389. The van der Waals surface area contributed by atoms with Crippen molar-refractivity contribution in [2.45, 2.75) is 38.8 Å². The molecule has 2 aromatic rings. The van der Waals surface area contributed by atoms with E-state index >= 15 is 0 Å². The lowest BCUT2D eigenvalue weighted by Crippen LogP contribution is -2.46. The van der Waals surface area contributed by atoms with E-state index in [1.54, 1.807) is 0 Å². The van der Waals surface area contributed by atoms with Crippen LogP contribution in [0.25, 0.3) is 0 Å². The highest BCUT2D eigenvalue weighted by molar-refractivity contribution is 5.98. The smallest absolute Gasteiger partial charge is 0.254 e. The number of carbonyl (C=O) groups is 1. The fourth-order valence-corrected chi connectivity index (χ4v) is 2.78. The molecule has 1 aliphatic carbocycles. The van der Waals surface area contributed by atoms with E-state index in [2.05, 4.69) is 22.2 Å². The summed E-state index contributed by atoms with van der Waals surface area (Å²) in [5.41, 5.74) is 13.7. The van der Waals surface area contributed by atoms with Crippen LogP contribution in [0.2, 0.25) is 0 Å². The number of aromatic nitrogens is 2. The van der Waals surface area contributed by atoms with Gasteiger partial charge in [0, 0.05) is 18.4 Å². The average Bonchev–Trinajstić information content (AvgIpc) is 3.31. The van der Waals surface area contributed by atoms with Crippen LogP contribution in [0.3, 0.4) is 0 Å². The maximum absolute atomic E-state index is 11.8. The van der Waals surface area contributed by atoms with Gasteiger partial charge in [0.05, 0.1) is 5.66 Å². The number of rotatable bonds is 7. The third-order valence-corrected chi connectivity index (χ3v) is 4.31. The van der Waals surface area contributed by atoms with E-state index in [1.165, 1.54) is 6.20 Å². The lowest BCUT2D eigenvalue weighted by Gasteiger charge is -2.29. The van der Waals surface area contributed by atoms with E-state index < -0.39 is 5.91 Å². The Morgan fingerprint density at radius 3 is 2.76 bits per heavy atom. The molecule has 0 spiro atoms. The van der Waals surface area contributed by atoms with E-state index in [0.29, 0.717) is 11.8 Å². The second-order valence-electron chi connectivity index (χ2n) is 6.55. The zero-order valence-corrected chi connectivity index (χ0v) is 14.6. The second kappa shape index (κ2) is 6.68. The molecule has 1 aromatic carbocycles. The first-order valence-electron chi connectivity index (χ1n) is 8.50. The topological polar surface area (TPSA) is 110 Å². The first-order valence-corrected chi connectivity index (χ1v) is 8.50. The van der Waals surface area contributed by atoms with Crippen molar-refractivity contribution < 1.29 is 4.79 Å². The number of aryl methyl sites for hydroxylation is 1. The third-order valence-electron chi connectivity index (χ3n) is 4.31. The predicted octanol–water partition coefficient (Wildman–Crippen LogP) is 2.29. The van der Waals surface area contributed by atoms with E-state index in [0.717, 1.165) is 37.1 Å². The second-order valence-corrected chi connectivity index (χ2v) is 6.55. The minimum Gasteiger partial charge on any atom is -0.365 e. The molecule has 5 N–H and O–H groups in total. The molecule has 1 aromatic heterocycles. The van der Waals surface area contributed by atoms with Gasteiger partial charge in [-0.15, -0.1) is 0 Å². The van der Waals surface area contributed by atoms with Gasteiger partial charge in [0.1, 0.15) is 11.4 Å². The van der Waals surface area contributed by atoms with E-state index in [-0.39, 0.29) is 11.2 Å². The number of primary amides is 1. The zero-order chi connectivity index (χ0) is 18.0. The van der Waals surface area contributed by atoms with Crippen molar-refractivity contribution in [2.75, 3.05) is 16.8 Å². The quantitative estimate of drug-likeness (QED) is 0.667. The summed E-state index contributed by atoms with van der Waals surface area (Å²) in [6.07, 6.45) is 4.22. The van der Waals surface area contributed by atoms with Gasteiger partial charge in [-0.25, -0.2) is 4.98 Å². The lowest BCUT2D eigenvalue weighted by atomic mass is 10.2. The summed E-state index contributed by atoms with van der Waals surface area (Å²) in [4.78, 5) is 22.7. The number of nitrogens with two attached hydrogens (primary N) is 2. The average molecular weight is 340 g/mol. The highest BCUT2D eigenvalue weighted by Gasteiger charge is 2.45. The lowest BCUT2D eigenvalue weighted by molar-refractivity contribution is 0.100. The molecule has 1 fully saturated rings. The molecular formula is C18H24N6O. The fourth-order valence-electron chi connectivity index (χ4n) is 2.78. The van der Waals surface area contributed by atoms with Crippen LogP contribution in [0.15, 0.2) is 30.5 Å². The molecule has 0 atom stereocenters. The summed E-state index contributed by atoms with van der Waals surface area (Å²) in [6.45, 7) is 4.85. The Morgan fingerprint density at radius 2 is 2.16 bits per heavy atom. The van der Waals surface area contributed by atoms with Crippen molar-refractivity contribution in [3.63, 3.8) is 0 Å². The van der Waals surface area contributed by atoms with E-state index in [9.17, 15) is 4.79 Å². The summed E-state index contributed by atoms with van der Waals surface area (Å²) in [5, 5.41) is 3.18. The third kappa shape index (κ3) is 3.71. The molecule has 25 heavy (non-hydrogen) atoms. The minimum atomic E-state index is -0.572. The van der Waals surface area contributed by atoms with Gasteiger partial charge in [-0.3, -0.25) is 4.79 Å². The van der Waals surface area contributed by atoms with Crippen LogP contribution in [0.5, 0.6) is 0 Å². The number of carbonyl (C=O) groups excluding carboxylic acids is 1. The highest BCUT2D eigenvalue weighted by atomic mass is 16.1. The zero-order valence-electron chi connectivity index (χ0n) is 14.6. The maximum atomic E-state index is 11.8. The summed E-state index contributed by atoms with van der Waals surface area (Å²) in [6, 6.07) is 7.82. The molecule has 0 saturated heterocycles. The Bertz CT molecular complexity index is 787. The van der Waals surface area contributed by atoms with Gasteiger partial charge >= 0.3 is 0 Å². The molecule has 132 valence electrons. The number of benzene rings is 1. The van der Waals surface area contributed by atoms with Crippen LogP contribution in [-0.4, -0.2) is 28.1 Å². The molecular weight excluding hydrogens is 316 g/mol. The number of nitrogens with one attached hydrogen (secondary N) is 1. The van der Waals surface area contributed by atoms with Crippen LogP contribution in [0.4, 0.5) is 17.5 Å². The van der Waals surface area contributed by atoms with Crippen molar-refractivity contribution in [3.05, 3.63) is 41.6 Å². The van der Waals surface area contributed by atoms with Crippen LogP contribution in [-0.2, 0) is 0 Å². The number of nitrogens with zero attached hydrogens (tertiary/aromatic N) is 3. The molecule has 7 heteroatoms. The van der Waals surface area contributed by atoms with Gasteiger partial charge in [-0.05, 0) is 43.9 Å². The summed E-state index contributed by atoms with van der Waals surface area (Å²) < 4.78 is 0. The molecule has 1 saturated carbocycles. The Hall–Kier alpha value is -2.67. The van der Waals surface area contributed by atoms with Crippen molar-refractivity contribution in [2.24, 2.45) is 11.5 Å². The molecule has 1 aliphatic rings. The van der Waals surface area contributed by atoms with Crippen LogP contribution in [0, 0.1) is 6.92 Å². The van der Waals surface area contributed by atoms with Gasteiger partial charge < -0.3 is 21.7 Å². The van der Waals surface area contributed by atoms with E-state index in [1.807, 2.05) is 36.1 Å². The largest absolute Gasteiger partial charge is 0.365 e. The van der Waals surface area contributed by atoms with Crippen molar-refractivity contribution in [1.82, 2.24) is 9.97 Å². The minimum absolute atomic E-state index is 0.253. The first kappa shape index (κ1) is 17.2. The number of anilines is 3. The normalized spacial score (nSPS) is 14.8. The first-order chi connectivity index (χ1) is 11.9. The van der Waals surface area contributed by atoms with Crippen molar-refractivity contribution in [3.8, 4) is 0 Å². The predicted molar refractivity (Wildman–Crippen MR) is 98.8 cm³/mol. The standard InChI is InChI=1S/C18H24N6O/c1-3-9-24(18(20)7-8-18)17-21-11-14(15(19)25)16(23-17)22-13-6-4-5-12(2)10-13/h4-6,10-11H,3,7-9,20H2,1-2H3,(H2,19,25)(H,21,22,23). The maximum Gasteiger partial charge on any atom is 0.254 e. The summed E-state index contributed by atoms with van der Waals surface area (Å²) >= 11 is 0. The molecule has 0 bridgehead atoms. The Kier molecular flexibility index (Phi) is 4.59. The molecule has 0 unspecified atom stereocenters. The highest BCUT2D eigenvalue weighted by Crippen LogP contribution is 2.38.